The molecule has 0 saturated carbocycles. The molecule has 0 aliphatic carbocycles. The number of aliphatic carboxylic acids is 1. The van der Waals surface area contributed by atoms with Crippen molar-refractivity contribution in [3.8, 4) is 0 Å². The van der Waals surface area contributed by atoms with E-state index in [2.05, 4.69) is 10.1 Å². The Bertz CT molecular complexity index is 392. The van der Waals surface area contributed by atoms with E-state index in [9.17, 15) is 14.7 Å². The van der Waals surface area contributed by atoms with Crippen molar-refractivity contribution < 1.29 is 24.5 Å². The predicted molar refractivity (Wildman–Crippen MR) is 58.4 cm³/mol. The van der Waals surface area contributed by atoms with Crippen LogP contribution in [0.3, 0.4) is 0 Å². The zero-order chi connectivity index (χ0) is 12.8. The number of carbonyl (C=O) groups is 2. The summed E-state index contributed by atoms with van der Waals surface area (Å²) in [5, 5.41) is 20.8. The molecule has 0 aromatic heterocycles. The van der Waals surface area contributed by atoms with Crippen LogP contribution in [0.25, 0.3) is 0 Å². The first kappa shape index (κ1) is 13.0. The zero-order valence-electron chi connectivity index (χ0n) is 9.16. The van der Waals surface area contributed by atoms with Gasteiger partial charge in [0.05, 0.1) is 7.11 Å². The summed E-state index contributed by atoms with van der Waals surface area (Å²) in [6, 6.07) is 6.74. The van der Waals surface area contributed by atoms with Gasteiger partial charge in [-0.25, -0.2) is 9.59 Å². The smallest absolute Gasteiger partial charge is 0.407 e. The van der Waals surface area contributed by atoms with Crippen molar-refractivity contribution in [1.29, 1.82) is 0 Å². The van der Waals surface area contributed by atoms with Crippen LogP contribution in [0, 0.1) is 0 Å². The van der Waals surface area contributed by atoms with Crippen molar-refractivity contribution in [3.63, 3.8) is 0 Å². The summed E-state index contributed by atoms with van der Waals surface area (Å²) in [6.45, 7) is 0. The van der Waals surface area contributed by atoms with Gasteiger partial charge in [0, 0.05) is 0 Å². The van der Waals surface area contributed by atoms with Crippen LogP contribution in [0.4, 0.5) is 4.79 Å². The molecule has 3 N–H and O–H groups in total. The van der Waals surface area contributed by atoms with Crippen LogP contribution < -0.4 is 5.32 Å². The van der Waals surface area contributed by atoms with Crippen molar-refractivity contribution in [3.05, 3.63) is 35.9 Å². The maximum Gasteiger partial charge on any atom is 0.407 e. The first-order chi connectivity index (χ1) is 8.06. The van der Waals surface area contributed by atoms with E-state index in [1.165, 1.54) is 0 Å². The van der Waals surface area contributed by atoms with E-state index in [1.54, 1.807) is 30.3 Å². The number of carboxylic acid groups (broad SMARTS) is 1. The first-order valence-electron chi connectivity index (χ1n) is 4.86. The number of hydrogen-bond acceptors (Lipinski definition) is 4. The van der Waals surface area contributed by atoms with Gasteiger partial charge in [-0.2, -0.15) is 0 Å². The Morgan fingerprint density at radius 1 is 1.29 bits per heavy atom. The Morgan fingerprint density at radius 3 is 2.35 bits per heavy atom. The molecule has 0 saturated heterocycles. The Hall–Kier alpha value is -2.08. The van der Waals surface area contributed by atoms with Crippen LogP contribution in [0.15, 0.2) is 30.3 Å². The minimum atomic E-state index is -1.45. The van der Waals surface area contributed by atoms with Gasteiger partial charge in [-0.15, -0.1) is 0 Å². The molecule has 17 heavy (non-hydrogen) atoms. The van der Waals surface area contributed by atoms with Crippen LogP contribution in [-0.2, 0) is 9.53 Å². The highest BCUT2D eigenvalue weighted by Gasteiger charge is 2.29. The van der Waals surface area contributed by atoms with Gasteiger partial charge in [-0.1, -0.05) is 30.3 Å². The van der Waals surface area contributed by atoms with E-state index in [0.717, 1.165) is 7.11 Å². The molecule has 1 aromatic rings. The summed E-state index contributed by atoms with van der Waals surface area (Å²) >= 11 is 0. The summed E-state index contributed by atoms with van der Waals surface area (Å²) < 4.78 is 4.29. The molecule has 1 aromatic carbocycles. The number of methoxy groups -OCH3 is 1. The minimum absolute atomic E-state index is 0.399. The van der Waals surface area contributed by atoms with Crippen molar-refractivity contribution in [2.45, 2.75) is 12.1 Å². The number of rotatable bonds is 4. The van der Waals surface area contributed by atoms with Gasteiger partial charge in [0.15, 0.2) is 6.04 Å². The lowest BCUT2D eigenvalue weighted by Crippen LogP contribution is -2.44. The molecule has 0 bridgehead atoms. The molecule has 6 heteroatoms. The second-order valence-corrected chi connectivity index (χ2v) is 3.31. The molecule has 0 aliphatic heterocycles. The molecule has 1 amide bonds. The molecule has 92 valence electrons. The summed E-state index contributed by atoms with van der Waals surface area (Å²) in [5.41, 5.74) is 0.399. The van der Waals surface area contributed by atoms with Crippen molar-refractivity contribution in [1.82, 2.24) is 5.32 Å². The third-order valence-corrected chi connectivity index (χ3v) is 2.18. The number of hydrogen-bond donors (Lipinski definition) is 3. The van der Waals surface area contributed by atoms with E-state index < -0.39 is 24.2 Å². The van der Waals surface area contributed by atoms with Crippen molar-refractivity contribution >= 4 is 12.1 Å². The van der Waals surface area contributed by atoms with Gasteiger partial charge in [-0.05, 0) is 5.56 Å². The number of carboxylic acids is 1. The number of aliphatic hydroxyl groups is 1. The standard InChI is InChI=1S/C11H13NO5/c1-17-11(16)12-8(10(14)15)9(13)7-5-3-2-4-6-7/h2-6,8-9,13H,1H3,(H,12,16)(H,14,15)/t8-,9?/m0/s1. The second kappa shape index (κ2) is 5.86. The molecule has 1 unspecified atom stereocenters. The quantitative estimate of drug-likeness (QED) is 0.712. The monoisotopic (exact) mass is 239 g/mol. The lowest BCUT2D eigenvalue weighted by Gasteiger charge is -2.19. The number of nitrogens with one attached hydrogen (secondary N) is 1. The third kappa shape index (κ3) is 3.46. The van der Waals surface area contributed by atoms with Crippen molar-refractivity contribution in [2.75, 3.05) is 7.11 Å². The normalized spacial score (nSPS) is 13.5. The van der Waals surface area contributed by atoms with Gasteiger partial charge in [0.1, 0.15) is 6.10 Å². The maximum absolute atomic E-state index is 11.0. The Morgan fingerprint density at radius 2 is 1.88 bits per heavy atom. The van der Waals surface area contributed by atoms with Crippen molar-refractivity contribution in [2.24, 2.45) is 0 Å². The van der Waals surface area contributed by atoms with E-state index in [-0.39, 0.29) is 0 Å². The fourth-order valence-corrected chi connectivity index (χ4v) is 1.30. The number of benzene rings is 1. The number of amides is 1. The predicted octanol–water partition coefficient (Wildman–Crippen LogP) is 0.529. The number of ether oxygens (including phenoxy) is 1. The number of carbonyl (C=O) groups excluding carboxylic acids is 1. The average Bonchev–Trinajstić information content (AvgIpc) is 2.35. The van der Waals surface area contributed by atoms with E-state index >= 15 is 0 Å². The topological polar surface area (TPSA) is 95.9 Å². The zero-order valence-corrected chi connectivity index (χ0v) is 9.16. The van der Waals surface area contributed by atoms with Gasteiger partial charge >= 0.3 is 12.1 Å². The fraction of sp³-hybridized carbons (Fsp3) is 0.273. The molecule has 6 nitrogen and oxygen atoms in total. The largest absolute Gasteiger partial charge is 0.480 e. The molecular formula is C11H13NO5. The molecule has 0 aliphatic rings. The van der Waals surface area contributed by atoms with Crippen LogP contribution in [0.1, 0.15) is 11.7 Å². The van der Waals surface area contributed by atoms with Crippen LogP contribution in [0.2, 0.25) is 0 Å². The van der Waals surface area contributed by atoms with E-state index in [4.69, 9.17) is 5.11 Å². The number of alkyl carbamates (subject to hydrolysis) is 1. The summed E-state index contributed by atoms with van der Waals surface area (Å²) in [5.74, 6) is -1.34. The molecule has 0 radical (unpaired) electrons. The molecule has 1 rings (SSSR count). The van der Waals surface area contributed by atoms with Crippen LogP contribution in [-0.4, -0.2) is 35.4 Å². The summed E-state index contributed by atoms with van der Waals surface area (Å²) in [7, 11) is 1.11. The summed E-state index contributed by atoms with van der Waals surface area (Å²) in [6.07, 6.45) is -2.25. The fourth-order valence-electron chi connectivity index (χ4n) is 1.30. The minimum Gasteiger partial charge on any atom is -0.480 e. The maximum atomic E-state index is 11.0. The van der Waals surface area contributed by atoms with Gasteiger partial charge in [-0.3, -0.25) is 0 Å². The Balaban J connectivity index is 2.84. The lowest BCUT2D eigenvalue weighted by atomic mass is 10.0. The average molecular weight is 239 g/mol. The van der Waals surface area contributed by atoms with Crippen LogP contribution >= 0.6 is 0 Å². The highest BCUT2D eigenvalue weighted by molar-refractivity contribution is 5.80. The molecular weight excluding hydrogens is 226 g/mol. The molecule has 0 heterocycles. The molecule has 0 spiro atoms. The molecule has 2 atom stereocenters. The molecule has 0 fully saturated rings. The first-order valence-corrected chi connectivity index (χ1v) is 4.86. The second-order valence-electron chi connectivity index (χ2n) is 3.31. The van der Waals surface area contributed by atoms with E-state index in [0.29, 0.717) is 5.56 Å². The lowest BCUT2D eigenvalue weighted by molar-refractivity contribution is -0.142. The number of aliphatic hydroxyl groups excluding tert-OH is 1. The summed E-state index contributed by atoms with van der Waals surface area (Å²) in [4.78, 5) is 21.9. The Labute approximate surface area is 97.8 Å². The van der Waals surface area contributed by atoms with E-state index in [1.807, 2.05) is 0 Å². The van der Waals surface area contributed by atoms with Gasteiger partial charge in [0.2, 0.25) is 0 Å². The Kier molecular flexibility index (Phi) is 4.47. The highest BCUT2D eigenvalue weighted by atomic mass is 16.5. The van der Waals surface area contributed by atoms with Gasteiger partial charge < -0.3 is 20.3 Å². The highest BCUT2D eigenvalue weighted by Crippen LogP contribution is 2.16. The SMILES string of the molecule is COC(=O)N[C@H](C(=O)O)C(O)c1ccccc1. The van der Waals surface area contributed by atoms with Crippen LogP contribution in [0.5, 0.6) is 0 Å². The third-order valence-electron chi connectivity index (χ3n) is 2.18. The van der Waals surface area contributed by atoms with Gasteiger partial charge in [0.25, 0.3) is 0 Å².